The zero-order valence-electron chi connectivity index (χ0n) is 12.6. The minimum absolute atomic E-state index is 0.0813. The average molecular weight is 331 g/mol. The maximum atomic E-state index is 11.8. The van der Waals surface area contributed by atoms with Crippen LogP contribution in [0.25, 0.3) is 6.08 Å². The van der Waals surface area contributed by atoms with Crippen LogP contribution < -0.4 is 16.0 Å². The zero-order valence-corrected chi connectivity index (χ0v) is 13.4. The Labute approximate surface area is 137 Å². The molecule has 1 aromatic carbocycles. The fourth-order valence-electron chi connectivity index (χ4n) is 1.64. The van der Waals surface area contributed by atoms with E-state index >= 15 is 0 Å². The van der Waals surface area contributed by atoms with Gasteiger partial charge in [0.2, 0.25) is 22.1 Å². The molecule has 0 saturated heterocycles. The summed E-state index contributed by atoms with van der Waals surface area (Å²) in [6.07, 6.45) is 3.17. The van der Waals surface area contributed by atoms with Gasteiger partial charge in [0.1, 0.15) is 0 Å². The van der Waals surface area contributed by atoms with Crippen molar-refractivity contribution in [2.24, 2.45) is 0 Å². The van der Waals surface area contributed by atoms with Crippen LogP contribution in [0.1, 0.15) is 12.5 Å². The molecule has 8 heteroatoms. The number of nitrogens with zero attached hydrogens (tertiary/aromatic N) is 2. The van der Waals surface area contributed by atoms with Crippen LogP contribution >= 0.6 is 11.3 Å². The van der Waals surface area contributed by atoms with E-state index < -0.39 is 0 Å². The van der Waals surface area contributed by atoms with Gasteiger partial charge in [-0.15, -0.1) is 10.2 Å². The van der Waals surface area contributed by atoms with E-state index in [4.69, 9.17) is 0 Å². The van der Waals surface area contributed by atoms with Crippen molar-refractivity contribution >= 4 is 39.5 Å². The first-order chi connectivity index (χ1) is 11.1. The molecule has 0 fully saturated rings. The third-order valence-electron chi connectivity index (χ3n) is 2.66. The van der Waals surface area contributed by atoms with Crippen molar-refractivity contribution in [2.75, 3.05) is 23.7 Å². The largest absolute Gasteiger partial charge is 0.358 e. The smallest absolute Gasteiger partial charge is 0.250 e. The second-order valence-electron chi connectivity index (χ2n) is 4.56. The lowest BCUT2D eigenvalue weighted by molar-refractivity contribution is -0.118. The summed E-state index contributed by atoms with van der Waals surface area (Å²) in [6, 6.07) is 9.54. The Hall–Kier alpha value is -2.74. The van der Waals surface area contributed by atoms with Gasteiger partial charge in [0.15, 0.2) is 0 Å². The van der Waals surface area contributed by atoms with E-state index in [2.05, 4.69) is 26.1 Å². The Morgan fingerprint density at radius 2 is 1.87 bits per heavy atom. The molecule has 2 aromatic rings. The number of carbonyl (C=O) groups excluding carboxylic acids is 2. The van der Waals surface area contributed by atoms with Crippen molar-refractivity contribution in [1.29, 1.82) is 0 Å². The maximum absolute atomic E-state index is 11.8. The van der Waals surface area contributed by atoms with Crippen LogP contribution in [0.4, 0.5) is 10.3 Å². The number of nitrogens with one attached hydrogen (secondary N) is 3. The summed E-state index contributed by atoms with van der Waals surface area (Å²) in [7, 11) is 0. The summed E-state index contributed by atoms with van der Waals surface area (Å²) >= 11 is 1.23. The highest BCUT2D eigenvalue weighted by Crippen LogP contribution is 2.19. The number of anilines is 2. The van der Waals surface area contributed by atoms with E-state index in [0.717, 1.165) is 5.56 Å². The molecule has 0 aliphatic rings. The van der Waals surface area contributed by atoms with E-state index in [-0.39, 0.29) is 11.8 Å². The number of hydrogen-bond donors (Lipinski definition) is 3. The fraction of sp³-hybridized carbons (Fsp3) is 0.200. The summed E-state index contributed by atoms with van der Waals surface area (Å²) in [6.45, 7) is 2.49. The van der Waals surface area contributed by atoms with Crippen LogP contribution in [0, 0.1) is 0 Å². The van der Waals surface area contributed by atoms with Crippen LogP contribution in [0.15, 0.2) is 36.4 Å². The highest BCUT2D eigenvalue weighted by molar-refractivity contribution is 7.19. The van der Waals surface area contributed by atoms with Crippen molar-refractivity contribution in [3.8, 4) is 0 Å². The minimum atomic E-state index is -0.269. The minimum Gasteiger partial charge on any atom is -0.358 e. The number of aromatic nitrogens is 2. The first kappa shape index (κ1) is 16.6. The normalized spacial score (nSPS) is 10.5. The van der Waals surface area contributed by atoms with Gasteiger partial charge < -0.3 is 10.6 Å². The highest BCUT2D eigenvalue weighted by atomic mass is 32.1. The van der Waals surface area contributed by atoms with Crippen LogP contribution in [0.3, 0.4) is 0 Å². The quantitative estimate of drug-likeness (QED) is 0.530. The second kappa shape index (κ2) is 8.64. The molecule has 1 aromatic heterocycles. The SMILES string of the molecule is CC(=O)NCCNc1nnc(NC(=O)C=Cc2ccccc2)s1. The van der Waals surface area contributed by atoms with Gasteiger partial charge in [0.05, 0.1) is 0 Å². The van der Waals surface area contributed by atoms with Crippen molar-refractivity contribution in [2.45, 2.75) is 6.92 Å². The third-order valence-corrected chi connectivity index (χ3v) is 3.45. The summed E-state index contributed by atoms with van der Waals surface area (Å²) < 4.78 is 0. The molecule has 0 atom stereocenters. The first-order valence-electron chi connectivity index (χ1n) is 6.99. The van der Waals surface area contributed by atoms with Gasteiger partial charge in [-0.3, -0.25) is 14.9 Å². The van der Waals surface area contributed by atoms with Crippen LogP contribution in [0.5, 0.6) is 0 Å². The molecule has 0 aliphatic heterocycles. The summed E-state index contributed by atoms with van der Waals surface area (Å²) in [5.41, 5.74) is 0.945. The summed E-state index contributed by atoms with van der Waals surface area (Å²) in [5, 5.41) is 17.1. The third kappa shape index (κ3) is 6.27. The predicted molar refractivity (Wildman–Crippen MR) is 91.2 cm³/mol. The fourth-order valence-corrected chi connectivity index (χ4v) is 2.31. The van der Waals surface area contributed by atoms with E-state index in [1.165, 1.54) is 24.3 Å². The van der Waals surface area contributed by atoms with Gasteiger partial charge >= 0.3 is 0 Å². The molecule has 23 heavy (non-hydrogen) atoms. The standard InChI is InChI=1S/C15H17N5O2S/c1-11(21)16-9-10-17-14-19-20-15(23-14)18-13(22)8-7-12-5-3-2-4-6-12/h2-8H,9-10H2,1H3,(H,16,21)(H,17,19)(H,18,20,22). The molecule has 0 aliphatic carbocycles. The van der Waals surface area contributed by atoms with Crippen molar-refractivity contribution in [3.05, 3.63) is 42.0 Å². The van der Waals surface area contributed by atoms with Gasteiger partial charge in [-0.05, 0) is 11.6 Å². The predicted octanol–water partition coefficient (Wildman–Crippen LogP) is 1.74. The van der Waals surface area contributed by atoms with Gasteiger partial charge in [-0.25, -0.2) is 0 Å². The van der Waals surface area contributed by atoms with Crippen molar-refractivity contribution in [1.82, 2.24) is 15.5 Å². The Bertz CT molecular complexity index is 684. The first-order valence-corrected chi connectivity index (χ1v) is 7.81. The molecule has 120 valence electrons. The molecular formula is C15H17N5O2S. The molecule has 1 heterocycles. The molecule has 3 N–H and O–H groups in total. The average Bonchev–Trinajstić information content (AvgIpc) is 2.98. The molecule has 0 unspecified atom stereocenters. The molecule has 2 amide bonds. The van der Waals surface area contributed by atoms with Gasteiger partial charge in [0, 0.05) is 26.1 Å². The molecule has 2 rings (SSSR count). The van der Waals surface area contributed by atoms with Gasteiger partial charge in [-0.2, -0.15) is 0 Å². The lowest BCUT2D eigenvalue weighted by Crippen LogP contribution is -2.26. The van der Waals surface area contributed by atoms with E-state index in [9.17, 15) is 9.59 Å². The number of amides is 2. The second-order valence-corrected chi connectivity index (χ2v) is 5.53. The lowest BCUT2D eigenvalue weighted by atomic mass is 10.2. The van der Waals surface area contributed by atoms with E-state index in [0.29, 0.717) is 23.4 Å². The maximum Gasteiger partial charge on any atom is 0.250 e. The molecule has 7 nitrogen and oxygen atoms in total. The Balaban J connectivity index is 1.78. The number of rotatable bonds is 7. The van der Waals surface area contributed by atoms with Gasteiger partial charge in [-0.1, -0.05) is 41.7 Å². The molecule has 0 radical (unpaired) electrons. The van der Waals surface area contributed by atoms with E-state index in [1.807, 2.05) is 30.3 Å². The van der Waals surface area contributed by atoms with Crippen molar-refractivity contribution in [3.63, 3.8) is 0 Å². The summed E-state index contributed by atoms with van der Waals surface area (Å²) in [4.78, 5) is 22.5. The number of carbonyl (C=O) groups is 2. The van der Waals surface area contributed by atoms with Gasteiger partial charge in [0.25, 0.3) is 0 Å². The van der Waals surface area contributed by atoms with Crippen LogP contribution in [-0.2, 0) is 9.59 Å². The van der Waals surface area contributed by atoms with Crippen LogP contribution in [-0.4, -0.2) is 35.1 Å². The zero-order chi connectivity index (χ0) is 16.5. The highest BCUT2D eigenvalue weighted by Gasteiger charge is 2.05. The Morgan fingerprint density at radius 3 is 2.61 bits per heavy atom. The Morgan fingerprint density at radius 1 is 1.13 bits per heavy atom. The molecule has 0 saturated carbocycles. The molecule has 0 spiro atoms. The molecule has 0 bridgehead atoms. The van der Waals surface area contributed by atoms with E-state index in [1.54, 1.807) is 6.08 Å². The van der Waals surface area contributed by atoms with Crippen LogP contribution in [0.2, 0.25) is 0 Å². The monoisotopic (exact) mass is 331 g/mol. The topological polar surface area (TPSA) is 96.0 Å². The summed E-state index contributed by atoms with van der Waals surface area (Å²) in [5.74, 6) is -0.350. The molecular weight excluding hydrogens is 314 g/mol. The number of benzene rings is 1. The van der Waals surface area contributed by atoms with Crippen molar-refractivity contribution < 1.29 is 9.59 Å². The number of hydrogen-bond acceptors (Lipinski definition) is 6. The lowest BCUT2D eigenvalue weighted by Gasteiger charge is -2.01. The Kier molecular flexibility index (Phi) is 6.25.